The van der Waals surface area contributed by atoms with Crippen molar-refractivity contribution in [3.05, 3.63) is 23.2 Å². The molecule has 8 nitrogen and oxygen atoms in total. The third-order valence-electron chi connectivity index (χ3n) is 3.27. The first-order chi connectivity index (χ1) is 11.5. The molecular formula is C15H17ClN2O6. The summed E-state index contributed by atoms with van der Waals surface area (Å²) in [5, 5.41) is 2.73. The summed E-state index contributed by atoms with van der Waals surface area (Å²) >= 11 is 6.05. The van der Waals surface area contributed by atoms with Gasteiger partial charge in [-0.1, -0.05) is 11.6 Å². The van der Waals surface area contributed by atoms with E-state index >= 15 is 0 Å². The monoisotopic (exact) mass is 356 g/mol. The molecule has 0 aliphatic carbocycles. The minimum Gasteiger partial charge on any atom is -0.495 e. The molecule has 2 amide bonds. The van der Waals surface area contributed by atoms with Crippen molar-refractivity contribution in [3.63, 3.8) is 0 Å². The average molecular weight is 357 g/mol. The quantitative estimate of drug-likeness (QED) is 0.632. The summed E-state index contributed by atoms with van der Waals surface area (Å²) in [5.41, 5.74) is 0.546. The number of nitrogens with zero attached hydrogens (tertiary/aromatic N) is 1. The van der Waals surface area contributed by atoms with E-state index in [-0.39, 0.29) is 19.7 Å². The van der Waals surface area contributed by atoms with Crippen molar-refractivity contribution in [2.75, 3.05) is 31.7 Å². The molecule has 1 aromatic rings. The molecule has 1 fully saturated rings. The van der Waals surface area contributed by atoms with Crippen LogP contribution in [0.1, 0.15) is 6.92 Å². The van der Waals surface area contributed by atoms with Crippen molar-refractivity contribution in [2.45, 2.75) is 13.0 Å². The molecule has 0 saturated carbocycles. The van der Waals surface area contributed by atoms with Crippen LogP contribution in [-0.4, -0.2) is 50.9 Å². The summed E-state index contributed by atoms with van der Waals surface area (Å²) in [4.78, 5) is 36.0. The first-order valence-corrected chi connectivity index (χ1v) is 7.60. The minimum atomic E-state index is -0.972. The number of hydrogen-bond donors (Lipinski definition) is 1. The SMILES string of the molecule is CCOC(=O)C(=O)NCC1CN(c2ccc(OC)c(Cl)c2)C(=O)O1. The van der Waals surface area contributed by atoms with Crippen LogP contribution in [0.3, 0.4) is 0 Å². The lowest BCUT2D eigenvalue weighted by Crippen LogP contribution is -2.39. The van der Waals surface area contributed by atoms with Crippen LogP contribution in [-0.2, 0) is 19.1 Å². The zero-order valence-corrected chi connectivity index (χ0v) is 14.0. The number of benzene rings is 1. The van der Waals surface area contributed by atoms with Gasteiger partial charge in [0.1, 0.15) is 11.9 Å². The Morgan fingerprint density at radius 3 is 2.83 bits per heavy atom. The number of rotatable bonds is 5. The van der Waals surface area contributed by atoms with Crippen LogP contribution < -0.4 is 15.0 Å². The molecule has 1 N–H and O–H groups in total. The molecule has 9 heteroatoms. The Morgan fingerprint density at radius 2 is 2.21 bits per heavy atom. The molecule has 0 aromatic heterocycles. The molecule has 0 spiro atoms. The number of halogens is 1. The van der Waals surface area contributed by atoms with E-state index in [9.17, 15) is 14.4 Å². The van der Waals surface area contributed by atoms with Gasteiger partial charge in [0.05, 0.1) is 31.8 Å². The molecule has 1 aromatic carbocycles. The van der Waals surface area contributed by atoms with Gasteiger partial charge in [0.25, 0.3) is 0 Å². The van der Waals surface area contributed by atoms with Crippen LogP contribution >= 0.6 is 11.6 Å². The van der Waals surface area contributed by atoms with Gasteiger partial charge in [-0.15, -0.1) is 0 Å². The number of esters is 1. The highest BCUT2D eigenvalue weighted by Crippen LogP contribution is 2.31. The van der Waals surface area contributed by atoms with Crippen LogP contribution in [0.2, 0.25) is 5.02 Å². The second-order valence-electron chi connectivity index (χ2n) is 4.87. The van der Waals surface area contributed by atoms with Gasteiger partial charge >= 0.3 is 18.0 Å². The molecule has 2 rings (SSSR count). The largest absolute Gasteiger partial charge is 0.495 e. The second-order valence-corrected chi connectivity index (χ2v) is 5.27. The number of nitrogens with one attached hydrogen (secondary N) is 1. The zero-order chi connectivity index (χ0) is 17.7. The van der Waals surface area contributed by atoms with E-state index in [0.717, 1.165) is 0 Å². The predicted molar refractivity (Wildman–Crippen MR) is 85.3 cm³/mol. The van der Waals surface area contributed by atoms with E-state index < -0.39 is 24.1 Å². The zero-order valence-electron chi connectivity index (χ0n) is 13.2. The molecule has 24 heavy (non-hydrogen) atoms. The highest BCUT2D eigenvalue weighted by atomic mass is 35.5. The minimum absolute atomic E-state index is 0.00374. The molecular weight excluding hydrogens is 340 g/mol. The van der Waals surface area contributed by atoms with Crippen molar-refractivity contribution in [1.82, 2.24) is 5.32 Å². The first kappa shape index (κ1) is 17.9. The van der Waals surface area contributed by atoms with Crippen molar-refractivity contribution >= 4 is 35.3 Å². The molecule has 1 atom stereocenters. The number of ether oxygens (including phenoxy) is 3. The topological polar surface area (TPSA) is 94.2 Å². The molecule has 1 aliphatic rings. The van der Waals surface area contributed by atoms with Gasteiger partial charge in [0.15, 0.2) is 0 Å². The lowest BCUT2D eigenvalue weighted by molar-refractivity contribution is -0.154. The summed E-state index contributed by atoms with van der Waals surface area (Å²) in [6, 6.07) is 4.90. The molecule has 1 unspecified atom stereocenters. The maximum Gasteiger partial charge on any atom is 0.414 e. The van der Waals surface area contributed by atoms with Gasteiger partial charge in [-0.25, -0.2) is 9.59 Å². The van der Waals surface area contributed by atoms with Crippen molar-refractivity contribution in [3.8, 4) is 5.75 Å². The van der Waals surface area contributed by atoms with Gasteiger partial charge < -0.3 is 19.5 Å². The summed E-state index contributed by atoms with van der Waals surface area (Å²) in [5.74, 6) is -1.36. The smallest absolute Gasteiger partial charge is 0.414 e. The number of amides is 2. The number of hydrogen-bond acceptors (Lipinski definition) is 6. The van der Waals surface area contributed by atoms with E-state index in [1.54, 1.807) is 25.1 Å². The fourth-order valence-corrected chi connectivity index (χ4v) is 2.39. The lowest BCUT2D eigenvalue weighted by atomic mass is 10.2. The molecule has 1 saturated heterocycles. The Labute approximate surface area is 143 Å². The van der Waals surface area contributed by atoms with Crippen molar-refractivity contribution < 1.29 is 28.6 Å². The third-order valence-corrected chi connectivity index (χ3v) is 3.57. The Morgan fingerprint density at radius 1 is 1.46 bits per heavy atom. The van der Waals surface area contributed by atoms with E-state index in [1.165, 1.54) is 12.0 Å². The molecule has 130 valence electrons. The van der Waals surface area contributed by atoms with E-state index in [4.69, 9.17) is 21.1 Å². The number of cyclic esters (lactones) is 1. The third kappa shape index (κ3) is 4.08. The second kappa shape index (κ2) is 7.87. The standard InChI is InChI=1S/C15H17ClN2O6/c1-3-23-14(20)13(19)17-7-10-8-18(15(21)24-10)9-4-5-12(22-2)11(16)6-9/h4-6,10H,3,7-8H2,1-2H3,(H,17,19). The maximum atomic E-state index is 12.0. The maximum absolute atomic E-state index is 12.0. The van der Waals surface area contributed by atoms with Crippen molar-refractivity contribution in [2.24, 2.45) is 0 Å². The van der Waals surface area contributed by atoms with Gasteiger partial charge in [0, 0.05) is 5.69 Å². The van der Waals surface area contributed by atoms with Gasteiger partial charge in [0.2, 0.25) is 0 Å². The Hall–Kier alpha value is -2.48. The van der Waals surface area contributed by atoms with Crippen LogP contribution in [0.15, 0.2) is 18.2 Å². The highest BCUT2D eigenvalue weighted by Gasteiger charge is 2.33. The predicted octanol–water partition coefficient (Wildman–Crippen LogP) is 1.35. The number of anilines is 1. The van der Waals surface area contributed by atoms with Gasteiger partial charge in [-0.2, -0.15) is 0 Å². The summed E-state index contributed by atoms with van der Waals surface area (Å²) in [7, 11) is 1.49. The Balaban J connectivity index is 1.95. The summed E-state index contributed by atoms with van der Waals surface area (Å²) < 4.78 is 14.8. The number of methoxy groups -OCH3 is 1. The van der Waals surface area contributed by atoms with E-state index in [2.05, 4.69) is 10.1 Å². The molecule has 1 heterocycles. The summed E-state index contributed by atoms with van der Waals surface area (Å²) in [6.07, 6.45) is -1.15. The van der Waals surface area contributed by atoms with Gasteiger partial charge in [-0.3, -0.25) is 9.69 Å². The highest BCUT2D eigenvalue weighted by molar-refractivity contribution is 6.32. The lowest BCUT2D eigenvalue weighted by Gasteiger charge is -2.14. The average Bonchev–Trinajstić information content (AvgIpc) is 2.93. The van der Waals surface area contributed by atoms with Crippen molar-refractivity contribution in [1.29, 1.82) is 0 Å². The Bertz CT molecular complexity index is 651. The normalized spacial score (nSPS) is 16.5. The Kier molecular flexibility index (Phi) is 5.86. The number of carbonyl (C=O) groups excluding carboxylic acids is 3. The molecule has 0 bridgehead atoms. The fraction of sp³-hybridized carbons (Fsp3) is 0.400. The van der Waals surface area contributed by atoms with Crippen LogP contribution in [0.5, 0.6) is 5.75 Å². The number of carbonyl (C=O) groups is 3. The fourth-order valence-electron chi connectivity index (χ4n) is 2.14. The van der Waals surface area contributed by atoms with Crippen LogP contribution in [0.25, 0.3) is 0 Å². The summed E-state index contributed by atoms with van der Waals surface area (Å²) in [6.45, 7) is 1.92. The van der Waals surface area contributed by atoms with E-state index in [1.807, 2.05) is 0 Å². The van der Waals surface area contributed by atoms with Gasteiger partial charge in [-0.05, 0) is 25.1 Å². The van der Waals surface area contributed by atoms with Crippen LogP contribution in [0, 0.1) is 0 Å². The first-order valence-electron chi connectivity index (χ1n) is 7.22. The van der Waals surface area contributed by atoms with Crippen LogP contribution in [0.4, 0.5) is 10.5 Å². The van der Waals surface area contributed by atoms with E-state index in [0.29, 0.717) is 16.5 Å². The molecule has 1 aliphatic heterocycles. The molecule has 0 radical (unpaired) electrons.